The van der Waals surface area contributed by atoms with Crippen molar-refractivity contribution < 1.29 is 14.6 Å². The molecular formula is C15H14BrNO3. The highest BCUT2D eigenvalue weighted by Gasteiger charge is 2.06. The quantitative estimate of drug-likeness (QED) is 0.899. The summed E-state index contributed by atoms with van der Waals surface area (Å²) in [5.41, 5.74) is 1.56. The van der Waals surface area contributed by atoms with Gasteiger partial charge in [0.05, 0.1) is 5.69 Å². The number of para-hydroxylation sites is 1. The molecule has 2 rings (SSSR count). The van der Waals surface area contributed by atoms with Crippen molar-refractivity contribution in [2.24, 2.45) is 0 Å². The summed E-state index contributed by atoms with van der Waals surface area (Å²) in [6.45, 7) is 1.72. The Labute approximate surface area is 125 Å². The number of carbonyl (C=O) groups is 1. The minimum absolute atomic E-state index is 0.117. The highest BCUT2D eigenvalue weighted by atomic mass is 79.9. The molecular weight excluding hydrogens is 322 g/mol. The van der Waals surface area contributed by atoms with E-state index in [0.717, 1.165) is 10.0 Å². The molecule has 0 saturated carbocycles. The van der Waals surface area contributed by atoms with Crippen LogP contribution in [0.5, 0.6) is 11.5 Å². The summed E-state index contributed by atoms with van der Waals surface area (Å²) in [4.78, 5) is 11.8. The van der Waals surface area contributed by atoms with E-state index in [0.29, 0.717) is 11.4 Å². The molecule has 4 nitrogen and oxygen atoms in total. The number of benzene rings is 2. The Kier molecular flexibility index (Phi) is 4.63. The summed E-state index contributed by atoms with van der Waals surface area (Å²) >= 11 is 3.35. The third-order valence-corrected chi connectivity index (χ3v) is 3.25. The van der Waals surface area contributed by atoms with Gasteiger partial charge in [-0.05, 0) is 52.7 Å². The number of phenols is 1. The van der Waals surface area contributed by atoms with Gasteiger partial charge in [-0.1, -0.05) is 12.1 Å². The van der Waals surface area contributed by atoms with Crippen LogP contribution in [0.3, 0.4) is 0 Å². The zero-order chi connectivity index (χ0) is 14.5. The van der Waals surface area contributed by atoms with E-state index < -0.39 is 0 Å². The van der Waals surface area contributed by atoms with E-state index in [4.69, 9.17) is 4.74 Å². The summed E-state index contributed by atoms with van der Waals surface area (Å²) in [6, 6.07) is 12.2. The second-order valence-corrected chi connectivity index (χ2v) is 5.18. The fraction of sp³-hybridized carbons (Fsp3) is 0.133. The number of halogens is 1. The van der Waals surface area contributed by atoms with E-state index in [1.807, 2.05) is 25.1 Å². The number of amides is 1. The Balaban J connectivity index is 1.94. The molecule has 0 bridgehead atoms. The predicted octanol–water partition coefficient (Wildman–Crippen LogP) is 3.48. The lowest BCUT2D eigenvalue weighted by molar-refractivity contribution is -0.118. The molecule has 0 aliphatic carbocycles. The predicted molar refractivity (Wildman–Crippen MR) is 81.1 cm³/mol. The van der Waals surface area contributed by atoms with Crippen LogP contribution < -0.4 is 10.1 Å². The zero-order valence-corrected chi connectivity index (χ0v) is 12.5. The maximum absolute atomic E-state index is 11.8. The van der Waals surface area contributed by atoms with Crippen molar-refractivity contribution >= 4 is 27.5 Å². The van der Waals surface area contributed by atoms with E-state index >= 15 is 0 Å². The van der Waals surface area contributed by atoms with Crippen molar-refractivity contribution in [3.8, 4) is 11.5 Å². The van der Waals surface area contributed by atoms with Gasteiger partial charge in [0.2, 0.25) is 0 Å². The standard InChI is InChI=1S/C15H14BrNO3/c1-10-6-11(18)8-12(7-10)20-9-15(19)17-14-5-3-2-4-13(14)16/h2-8,18H,9H2,1H3,(H,17,19). The first-order valence-corrected chi connectivity index (χ1v) is 6.82. The van der Waals surface area contributed by atoms with Crippen molar-refractivity contribution in [1.29, 1.82) is 0 Å². The molecule has 2 aromatic rings. The Morgan fingerprint density at radius 1 is 1.30 bits per heavy atom. The number of ether oxygens (including phenoxy) is 1. The molecule has 0 saturated heterocycles. The molecule has 0 unspecified atom stereocenters. The number of carbonyl (C=O) groups excluding carboxylic acids is 1. The van der Waals surface area contributed by atoms with E-state index in [9.17, 15) is 9.90 Å². The fourth-order valence-electron chi connectivity index (χ4n) is 1.71. The molecule has 2 N–H and O–H groups in total. The smallest absolute Gasteiger partial charge is 0.262 e. The highest BCUT2D eigenvalue weighted by Crippen LogP contribution is 2.22. The number of anilines is 1. The Bertz CT molecular complexity index is 608. The number of nitrogens with one attached hydrogen (secondary N) is 1. The van der Waals surface area contributed by atoms with Crippen LogP contribution in [-0.4, -0.2) is 17.6 Å². The molecule has 0 spiro atoms. The molecule has 104 valence electrons. The molecule has 0 heterocycles. The number of hydrogen-bond acceptors (Lipinski definition) is 3. The SMILES string of the molecule is Cc1cc(O)cc(OCC(=O)Nc2ccccc2Br)c1. The van der Waals surface area contributed by atoms with E-state index in [-0.39, 0.29) is 18.3 Å². The number of aryl methyl sites for hydroxylation is 1. The highest BCUT2D eigenvalue weighted by molar-refractivity contribution is 9.10. The first-order valence-electron chi connectivity index (χ1n) is 6.02. The van der Waals surface area contributed by atoms with Crippen LogP contribution >= 0.6 is 15.9 Å². The average molecular weight is 336 g/mol. The Morgan fingerprint density at radius 3 is 2.75 bits per heavy atom. The van der Waals surface area contributed by atoms with Crippen LogP contribution in [0, 0.1) is 6.92 Å². The molecule has 20 heavy (non-hydrogen) atoms. The van der Waals surface area contributed by atoms with E-state index in [1.165, 1.54) is 6.07 Å². The minimum Gasteiger partial charge on any atom is -0.508 e. The van der Waals surface area contributed by atoms with Gasteiger partial charge in [-0.2, -0.15) is 0 Å². The molecule has 0 radical (unpaired) electrons. The van der Waals surface area contributed by atoms with Crippen molar-refractivity contribution in [3.05, 3.63) is 52.5 Å². The van der Waals surface area contributed by atoms with Crippen LogP contribution in [0.15, 0.2) is 46.9 Å². The van der Waals surface area contributed by atoms with Gasteiger partial charge in [0, 0.05) is 10.5 Å². The monoisotopic (exact) mass is 335 g/mol. The number of phenolic OH excluding ortho intramolecular Hbond substituents is 1. The number of hydrogen-bond donors (Lipinski definition) is 2. The summed E-state index contributed by atoms with van der Waals surface area (Å²) in [7, 11) is 0. The van der Waals surface area contributed by atoms with E-state index in [1.54, 1.807) is 18.2 Å². The fourth-order valence-corrected chi connectivity index (χ4v) is 2.09. The molecule has 2 aromatic carbocycles. The average Bonchev–Trinajstić information content (AvgIpc) is 2.38. The Hall–Kier alpha value is -2.01. The second kappa shape index (κ2) is 6.43. The maximum Gasteiger partial charge on any atom is 0.262 e. The topological polar surface area (TPSA) is 58.6 Å². The van der Waals surface area contributed by atoms with Crippen LogP contribution in [0.25, 0.3) is 0 Å². The number of aromatic hydroxyl groups is 1. The van der Waals surface area contributed by atoms with Crippen molar-refractivity contribution in [2.75, 3.05) is 11.9 Å². The van der Waals surface area contributed by atoms with Crippen LogP contribution in [0.4, 0.5) is 5.69 Å². The zero-order valence-electron chi connectivity index (χ0n) is 10.9. The normalized spacial score (nSPS) is 10.1. The third kappa shape index (κ3) is 3.99. The van der Waals surface area contributed by atoms with Crippen molar-refractivity contribution in [1.82, 2.24) is 0 Å². The first-order chi connectivity index (χ1) is 9.54. The lowest BCUT2D eigenvalue weighted by Crippen LogP contribution is -2.20. The first kappa shape index (κ1) is 14.4. The van der Waals surface area contributed by atoms with Crippen LogP contribution in [0.2, 0.25) is 0 Å². The summed E-state index contributed by atoms with van der Waals surface area (Å²) in [5, 5.41) is 12.2. The molecule has 0 aliphatic rings. The van der Waals surface area contributed by atoms with Gasteiger partial charge in [-0.25, -0.2) is 0 Å². The van der Waals surface area contributed by atoms with Crippen LogP contribution in [0.1, 0.15) is 5.56 Å². The van der Waals surface area contributed by atoms with Gasteiger partial charge in [-0.3, -0.25) is 4.79 Å². The van der Waals surface area contributed by atoms with Crippen molar-refractivity contribution in [3.63, 3.8) is 0 Å². The molecule has 0 aliphatic heterocycles. The summed E-state index contributed by atoms with van der Waals surface area (Å²) in [6.07, 6.45) is 0. The third-order valence-electron chi connectivity index (χ3n) is 2.55. The lowest BCUT2D eigenvalue weighted by Gasteiger charge is -2.09. The van der Waals surface area contributed by atoms with Gasteiger partial charge in [-0.15, -0.1) is 0 Å². The maximum atomic E-state index is 11.8. The van der Waals surface area contributed by atoms with Gasteiger partial charge in [0.25, 0.3) is 5.91 Å². The molecule has 5 heteroatoms. The second-order valence-electron chi connectivity index (χ2n) is 4.32. The molecule has 0 fully saturated rings. The van der Waals surface area contributed by atoms with Gasteiger partial charge in [0.1, 0.15) is 11.5 Å². The largest absolute Gasteiger partial charge is 0.508 e. The lowest BCUT2D eigenvalue weighted by atomic mass is 10.2. The minimum atomic E-state index is -0.266. The van der Waals surface area contributed by atoms with E-state index in [2.05, 4.69) is 21.2 Å². The van der Waals surface area contributed by atoms with Crippen LogP contribution in [-0.2, 0) is 4.79 Å². The van der Waals surface area contributed by atoms with Crippen molar-refractivity contribution in [2.45, 2.75) is 6.92 Å². The Morgan fingerprint density at radius 2 is 2.05 bits per heavy atom. The molecule has 0 aromatic heterocycles. The number of rotatable bonds is 4. The van der Waals surface area contributed by atoms with Gasteiger partial charge in [0.15, 0.2) is 6.61 Å². The summed E-state index contributed by atoms with van der Waals surface area (Å²) in [5.74, 6) is 0.314. The van der Waals surface area contributed by atoms with Gasteiger partial charge < -0.3 is 15.2 Å². The summed E-state index contributed by atoms with van der Waals surface area (Å²) < 4.78 is 6.16. The molecule has 0 atom stereocenters. The molecule has 1 amide bonds. The van der Waals surface area contributed by atoms with Gasteiger partial charge >= 0.3 is 0 Å².